The van der Waals surface area contributed by atoms with Crippen molar-refractivity contribution < 1.29 is 4.79 Å². The highest BCUT2D eigenvalue weighted by Gasteiger charge is 2.25. The third-order valence-electron chi connectivity index (χ3n) is 3.43. The predicted octanol–water partition coefficient (Wildman–Crippen LogP) is 2.15. The summed E-state index contributed by atoms with van der Waals surface area (Å²) in [4.78, 5) is 16.5. The van der Waals surface area contributed by atoms with Crippen LogP contribution in [0.15, 0.2) is 29.6 Å². The van der Waals surface area contributed by atoms with Crippen molar-refractivity contribution in [1.82, 2.24) is 10.3 Å². The van der Waals surface area contributed by atoms with Crippen LogP contribution in [0.25, 0.3) is 0 Å². The number of rotatable bonds is 4. The maximum absolute atomic E-state index is 12.1. The number of hydrogen-bond donors (Lipinski definition) is 2. The van der Waals surface area contributed by atoms with Crippen molar-refractivity contribution in [2.75, 3.05) is 11.9 Å². The minimum atomic E-state index is -0.149. The first-order valence-electron chi connectivity index (χ1n) is 6.75. The van der Waals surface area contributed by atoms with Gasteiger partial charge in [-0.3, -0.25) is 4.79 Å². The summed E-state index contributed by atoms with van der Waals surface area (Å²) in [5.74, 6) is 0.0631. The highest BCUT2D eigenvalue weighted by molar-refractivity contribution is 7.09. The number of carbonyl (C=O) groups excluding carboxylic acids is 1. The summed E-state index contributed by atoms with van der Waals surface area (Å²) in [6.07, 6.45) is 1.55. The Morgan fingerprint density at radius 2 is 2.35 bits per heavy atom. The molecule has 1 aliphatic rings. The average Bonchev–Trinajstić information content (AvgIpc) is 3.04. The number of para-hydroxylation sites is 1. The van der Waals surface area contributed by atoms with Gasteiger partial charge in [0.2, 0.25) is 5.91 Å². The van der Waals surface area contributed by atoms with Gasteiger partial charge in [-0.05, 0) is 18.6 Å². The molecule has 1 aromatic carbocycles. The molecule has 0 spiro atoms. The third-order valence-corrected chi connectivity index (χ3v) is 4.26. The number of benzene rings is 1. The van der Waals surface area contributed by atoms with Crippen LogP contribution in [0.1, 0.15) is 16.3 Å². The van der Waals surface area contributed by atoms with Gasteiger partial charge in [0.05, 0.1) is 10.7 Å². The van der Waals surface area contributed by atoms with E-state index in [1.807, 2.05) is 30.5 Å². The van der Waals surface area contributed by atoms with E-state index in [1.165, 1.54) is 5.56 Å². The lowest BCUT2D eigenvalue weighted by atomic mass is 10.1. The van der Waals surface area contributed by atoms with Crippen LogP contribution in [0, 0.1) is 6.92 Å². The van der Waals surface area contributed by atoms with E-state index < -0.39 is 0 Å². The Hall–Kier alpha value is -1.88. The van der Waals surface area contributed by atoms with Crippen molar-refractivity contribution in [2.45, 2.75) is 25.8 Å². The summed E-state index contributed by atoms with van der Waals surface area (Å²) in [5.41, 5.74) is 3.33. The first kappa shape index (κ1) is 13.1. The minimum Gasteiger partial charge on any atom is -0.373 e. The Bertz CT molecular complexity index is 598. The van der Waals surface area contributed by atoms with Gasteiger partial charge in [-0.15, -0.1) is 11.3 Å². The summed E-state index contributed by atoms with van der Waals surface area (Å²) in [6.45, 7) is 2.63. The standard InChI is InChI=1S/C15H17N3OS/c1-10-17-12(9-20-10)6-7-16-15(19)14-8-11-4-2-3-5-13(11)18-14/h2-5,9,14,18H,6-8H2,1H3,(H,16,19). The van der Waals surface area contributed by atoms with E-state index in [1.54, 1.807) is 11.3 Å². The van der Waals surface area contributed by atoms with E-state index in [9.17, 15) is 4.79 Å². The largest absolute Gasteiger partial charge is 0.373 e. The lowest BCUT2D eigenvalue weighted by Crippen LogP contribution is -2.39. The van der Waals surface area contributed by atoms with Crippen LogP contribution in [-0.4, -0.2) is 23.5 Å². The fourth-order valence-corrected chi connectivity index (χ4v) is 3.06. The van der Waals surface area contributed by atoms with E-state index >= 15 is 0 Å². The molecule has 1 aliphatic heterocycles. The highest BCUT2D eigenvalue weighted by Crippen LogP contribution is 2.24. The summed E-state index contributed by atoms with van der Waals surface area (Å²) in [5, 5.41) is 9.36. The Morgan fingerprint density at radius 1 is 1.50 bits per heavy atom. The van der Waals surface area contributed by atoms with E-state index in [2.05, 4.69) is 21.7 Å². The molecule has 1 unspecified atom stereocenters. The smallest absolute Gasteiger partial charge is 0.242 e. The molecule has 1 amide bonds. The monoisotopic (exact) mass is 287 g/mol. The lowest BCUT2D eigenvalue weighted by Gasteiger charge is -2.11. The molecule has 0 fully saturated rings. The molecule has 0 radical (unpaired) electrons. The van der Waals surface area contributed by atoms with Crippen LogP contribution in [0.2, 0.25) is 0 Å². The van der Waals surface area contributed by atoms with Crippen molar-refractivity contribution >= 4 is 22.9 Å². The zero-order chi connectivity index (χ0) is 13.9. The number of fused-ring (bicyclic) bond motifs is 1. The second-order valence-corrected chi connectivity index (χ2v) is 6.02. The van der Waals surface area contributed by atoms with E-state index in [0.717, 1.165) is 29.2 Å². The molecule has 3 rings (SSSR count). The van der Waals surface area contributed by atoms with Crippen LogP contribution in [0.4, 0.5) is 5.69 Å². The van der Waals surface area contributed by atoms with Gasteiger partial charge in [-0.1, -0.05) is 18.2 Å². The second kappa shape index (κ2) is 5.63. The topological polar surface area (TPSA) is 54.0 Å². The lowest BCUT2D eigenvalue weighted by molar-refractivity contribution is -0.121. The summed E-state index contributed by atoms with van der Waals surface area (Å²) >= 11 is 1.64. The molecule has 5 heteroatoms. The van der Waals surface area contributed by atoms with Crippen LogP contribution >= 0.6 is 11.3 Å². The van der Waals surface area contributed by atoms with E-state index in [4.69, 9.17) is 0 Å². The fourth-order valence-electron chi connectivity index (χ4n) is 2.42. The van der Waals surface area contributed by atoms with Gasteiger partial charge >= 0.3 is 0 Å². The highest BCUT2D eigenvalue weighted by atomic mass is 32.1. The van der Waals surface area contributed by atoms with Crippen molar-refractivity contribution in [3.63, 3.8) is 0 Å². The Balaban J connectivity index is 1.49. The molecule has 2 heterocycles. The van der Waals surface area contributed by atoms with Crippen molar-refractivity contribution in [3.05, 3.63) is 45.9 Å². The first-order valence-corrected chi connectivity index (χ1v) is 7.63. The van der Waals surface area contributed by atoms with Crippen LogP contribution < -0.4 is 10.6 Å². The third kappa shape index (κ3) is 2.82. The number of nitrogens with one attached hydrogen (secondary N) is 2. The number of amides is 1. The summed E-state index contributed by atoms with van der Waals surface area (Å²) < 4.78 is 0. The van der Waals surface area contributed by atoms with Gasteiger partial charge in [0.25, 0.3) is 0 Å². The quantitative estimate of drug-likeness (QED) is 0.906. The molecule has 2 aromatic rings. The number of anilines is 1. The Kier molecular flexibility index (Phi) is 3.69. The van der Waals surface area contributed by atoms with Crippen molar-refractivity contribution in [3.8, 4) is 0 Å². The van der Waals surface area contributed by atoms with Gasteiger partial charge < -0.3 is 10.6 Å². The van der Waals surface area contributed by atoms with Gasteiger partial charge in [0, 0.05) is 30.5 Å². The molecular weight excluding hydrogens is 270 g/mol. The van der Waals surface area contributed by atoms with Gasteiger partial charge in [0.1, 0.15) is 6.04 Å². The molecule has 20 heavy (non-hydrogen) atoms. The number of aromatic nitrogens is 1. The molecule has 104 valence electrons. The van der Waals surface area contributed by atoms with Crippen molar-refractivity contribution in [2.24, 2.45) is 0 Å². The number of nitrogens with zero attached hydrogens (tertiary/aromatic N) is 1. The van der Waals surface area contributed by atoms with Crippen LogP contribution in [0.5, 0.6) is 0 Å². The first-order chi connectivity index (χ1) is 9.72. The zero-order valence-corrected chi connectivity index (χ0v) is 12.2. The number of aryl methyl sites for hydroxylation is 1. The molecule has 0 saturated heterocycles. The molecule has 0 bridgehead atoms. The Morgan fingerprint density at radius 3 is 3.10 bits per heavy atom. The van der Waals surface area contributed by atoms with Gasteiger partial charge in [0.15, 0.2) is 0 Å². The normalized spacial score (nSPS) is 16.6. The minimum absolute atomic E-state index is 0.0631. The molecule has 1 aromatic heterocycles. The summed E-state index contributed by atoms with van der Waals surface area (Å²) in [7, 11) is 0. The number of thiazole rings is 1. The summed E-state index contributed by atoms with van der Waals surface area (Å²) in [6, 6.07) is 7.92. The predicted molar refractivity (Wildman–Crippen MR) is 81.1 cm³/mol. The number of hydrogen-bond acceptors (Lipinski definition) is 4. The fraction of sp³-hybridized carbons (Fsp3) is 0.333. The van der Waals surface area contributed by atoms with Crippen LogP contribution in [0.3, 0.4) is 0 Å². The molecule has 2 N–H and O–H groups in total. The second-order valence-electron chi connectivity index (χ2n) is 4.96. The average molecular weight is 287 g/mol. The van der Waals surface area contributed by atoms with Gasteiger partial charge in [-0.2, -0.15) is 0 Å². The molecular formula is C15H17N3OS. The maximum atomic E-state index is 12.1. The maximum Gasteiger partial charge on any atom is 0.242 e. The molecule has 1 atom stereocenters. The molecule has 0 saturated carbocycles. The zero-order valence-electron chi connectivity index (χ0n) is 11.3. The molecule has 0 aliphatic carbocycles. The molecule has 4 nitrogen and oxygen atoms in total. The Labute approximate surface area is 122 Å². The number of carbonyl (C=O) groups is 1. The SMILES string of the molecule is Cc1nc(CCNC(=O)C2Cc3ccccc3N2)cs1. The van der Waals surface area contributed by atoms with E-state index in [-0.39, 0.29) is 11.9 Å². The van der Waals surface area contributed by atoms with Crippen molar-refractivity contribution in [1.29, 1.82) is 0 Å². The van der Waals surface area contributed by atoms with Gasteiger partial charge in [-0.25, -0.2) is 4.98 Å². The van der Waals surface area contributed by atoms with Crippen LogP contribution in [-0.2, 0) is 17.6 Å². The van der Waals surface area contributed by atoms with E-state index in [0.29, 0.717) is 6.54 Å².